The summed E-state index contributed by atoms with van der Waals surface area (Å²) in [4.78, 5) is 4.18. The Balaban J connectivity index is 2.63. The number of thiazole rings is 1. The summed E-state index contributed by atoms with van der Waals surface area (Å²) in [7, 11) is 1.62. The van der Waals surface area contributed by atoms with Crippen molar-refractivity contribution in [2.45, 2.75) is 12.6 Å². The van der Waals surface area contributed by atoms with Crippen LogP contribution in [0.1, 0.15) is 16.7 Å². The van der Waals surface area contributed by atoms with Gasteiger partial charge in [0.25, 0.3) is 0 Å². The van der Waals surface area contributed by atoms with Crippen molar-refractivity contribution in [3.05, 3.63) is 16.1 Å². The van der Waals surface area contributed by atoms with Crippen LogP contribution in [0.3, 0.4) is 0 Å². The Morgan fingerprint density at radius 1 is 1.83 bits per heavy atom. The first-order chi connectivity index (χ1) is 5.77. The molecule has 5 heteroatoms. The Morgan fingerprint density at radius 3 is 3.17 bits per heavy atom. The number of hydrogen-bond acceptors (Lipinski definition) is 5. The van der Waals surface area contributed by atoms with Gasteiger partial charge in [0.05, 0.1) is 24.9 Å². The van der Waals surface area contributed by atoms with E-state index in [1.807, 2.05) is 5.38 Å². The van der Waals surface area contributed by atoms with E-state index in [0.29, 0.717) is 6.61 Å². The van der Waals surface area contributed by atoms with E-state index < -0.39 is 0 Å². The van der Waals surface area contributed by atoms with E-state index in [4.69, 9.17) is 15.6 Å². The minimum absolute atomic E-state index is 0.0733. The fourth-order valence-corrected chi connectivity index (χ4v) is 1.61. The molecule has 0 spiro atoms. The highest BCUT2D eigenvalue weighted by molar-refractivity contribution is 7.09. The van der Waals surface area contributed by atoms with Gasteiger partial charge in [-0.2, -0.15) is 0 Å². The Hall–Kier alpha value is -0.490. The summed E-state index contributed by atoms with van der Waals surface area (Å²) in [5.74, 6) is 0. The van der Waals surface area contributed by atoms with E-state index in [2.05, 4.69) is 4.98 Å². The molecule has 0 aliphatic carbocycles. The van der Waals surface area contributed by atoms with Gasteiger partial charge in [-0.1, -0.05) is 0 Å². The first-order valence-electron chi connectivity index (χ1n) is 3.57. The average molecular weight is 188 g/mol. The number of ether oxygens (including phenoxy) is 1. The molecule has 0 saturated carbocycles. The molecule has 0 aliphatic rings. The molecule has 4 nitrogen and oxygen atoms in total. The van der Waals surface area contributed by atoms with Crippen molar-refractivity contribution in [2.75, 3.05) is 13.7 Å². The van der Waals surface area contributed by atoms with E-state index >= 15 is 0 Å². The Labute approximate surface area is 75.0 Å². The van der Waals surface area contributed by atoms with Gasteiger partial charge in [0.15, 0.2) is 0 Å². The van der Waals surface area contributed by atoms with Gasteiger partial charge in [-0.15, -0.1) is 11.3 Å². The lowest BCUT2D eigenvalue weighted by Gasteiger charge is -2.01. The van der Waals surface area contributed by atoms with Crippen molar-refractivity contribution in [3.63, 3.8) is 0 Å². The van der Waals surface area contributed by atoms with Gasteiger partial charge < -0.3 is 15.6 Å². The number of nitrogens with two attached hydrogens (primary N) is 1. The molecule has 1 heterocycles. The molecule has 3 N–H and O–H groups in total. The van der Waals surface area contributed by atoms with Gasteiger partial charge >= 0.3 is 0 Å². The molecule has 0 bridgehead atoms. The zero-order chi connectivity index (χ0) is 8.97. The molecule has 0 radical (unpaired) electrons. The predicted molar refractivity (Wildman–Crippen MR) is 46.8 cm³/mol. The maximum Gasteiger partial charge on any atom is 0.119 e. The van der Waals surface area contributed by atoms with Gasteiger partial charge in [-0.25, -0.2) is 4.98 Å². The zero-order valence-corrected chi connectivity index (χ0v) is 7.67. The van der Waals surface area contributed by atoms with Gasteiger partial charge in [0.1, 0.15) is 5.01 Å². The average Bonchev–Trinajstić information content (AvgIpc) is 2.52. The predicted octanol–water partition coefficient (Wildman–Crippen LogP) is 0.282. The lowest BCUT2D eigenvalue weighted by atomic mass is 10.3. The lowest BCUT2D eigenvalue weighted by Crippen LogP contribution is -2.14. The summed E-state index contributed by atoms with van der Waals surface area (Å²) in [6, 6.07) is -0.369. The largest absolute Gasteiger partial charge is 0.394 e. The van der Waals surface area contributed by atoms with E-state index in [1.54, 1.807) is 7.11 Å². The van der Waals surface area contributed by atoms with Crippen molar-refractivity contribution in [3.8, 4) is 0 Å². The summed E-state index contributed by atoms with van der Waals surface area (Å²) in [5.41, 5.74) is 6.29. The maximum absolute atomic E-state index is 8.74. The molecule has 1 rings (SSSR count). The second kappa shape index (κ2) is 4.51. The summed E-state index contributed by atoms with van der Waals surface area (Å²) < 4.78 is 4.90. The van der Waals surface area contributed by atoms with Crippen LogP contribution in [0.25, 0.3) is 0 Å². The molecule has 1 aromatic heterocycles. The smallest absolute Gasteiger partial charge is 0.119 e. The van der Waals surface area contributed by atoms with Crippen LogP contribution in [0.15, 0.2) is 5.38 Å². The van der Waals surface area contributed by atoms with Crippen molar-refractivity contribution in [1.29, 1.82) is 0 Å². The Bertz CT molecular complexity index is 239. The number of nitrogens with zero attached hydrogens (tertiary/aromatic N) is 1. The first-order valence-corrected chi connectivity index (χ1v) is 4.45. The van der Waals surface area contributed by atoms with Gasteiger partial charge in [-0.05, 0) is 0 Å². The van der Waals surface area contributed by atoms with Crippen LogP contribution in [0.5, 0.6) is 0 Å². The van der Waals surface area contributed by atoms with Crippen LogP contribution < -0.4 is 5.73 Å². The minimum Gasteiger partial charge on any atom is -0.394 e. The number of hydrogen-bond donors (Lipinski definition) is 2. The fraction of sp³-hybridized carbons (Fsp3) is 0.571. The Morgan fingerprint density at radius 2 is 2.58 bits per heavy atom. The third kappa shape index (κ3) is 2.25. The molecular weight excluding hydrogens is 176 g/mol. The SMILES string of the molecule is COCc1nc([C@@H](N)CO)cs1. The highest BCUT2D eigenvalue weighted by Crippen LogP contribution is 2.15. The third-order valence-electron chi connectivity index (χ3n) is 1.41. The summed E-state index contributed by atoms with van der Waals surface area (Å²) >= 11 is 1.49. The minimum atomic E-state index is -0.369. The first kappa shape index (κ1) is 9.60. The summed E-state index contributed by atoms with van der Waals surface area (Å²) in [5, 5.41) is 11.5. The van der Waals surface area contributed by atoms with Gasteiger partial charge in [0, 0.05) is 12.5 Å². The molecular formula is C7H12N2O2S. The van der Waals surface area contributed by atoms with Crippen LogP contribution in [0, 0.1) is 0 Å². The van der Waals surface area contributed by atoms with Crippen LogP contribution >= 0.6 is 11.3 Å². The van der Waals surface area contributed by atoms with E-state index in [0.717, 1.165) is 10.7 Å². The molecule has 0 fully saturated rings. The maximum atomic E-state index is 8.74. The molecule has 1 aromatic rings. The number of methoxy groups -OCH3 is 1. The quantitative estimate of drug-likeness (QED) is 0.712. The monoisotopic (exact) mass is 188 g/mol. The second-order valence-electron chi connectivity index (χ2n) is 2.39. The molecule has 12 heavy (non-hydrogen) atoms. The molecule has 1 atom stereocenters. The highest BCUT2D eigenvalue weighted by atomic mass is 32.1. The number of aliphatic hydroxyl groups is 1. The van der Waals surface area contributed by atoms with Crippen LogP contribution in [0.2, 0.25) is 0 Å². The topological polar surface area (TPSA) is 68.4 Å². The highest BCUT2D eigenvalue weighted by Gasteiger charge is 2.08. The fourth-order valence-electron chi connectivity index (χ4n) is 0.779. The van der Waals surface area contributed by atoms with E-state index in [1.165, 1.54) is 11.3 Å². The third-order valence-corrected chi connectivity index (χ3v) is 2.25. The molecule has 0 amide bonds. The standard InChI is InChI=1S/C7H12N2O2S/c1-11-3-7-9-6(4-12-7)5(8)2-10/h4-5,10H,2-3,8H2,1H3/t5-/m0/s1. The van der Waals surface area contributed by atoms with Crippen molar-refractivity contribution in [2.24, 2.45) is 5.73 Å². The lowest BCUT2D eigenvalue weighted by molar-refractivity contribution is 0.184. The summed E-state index contributed by atoms with van der Waals surface area (Å²) in [6.07, 6.45) is 0. The number of aromatic nitrogens is 1. The second-order valence-corrected chi connectivity index (χ2v) is 3.33. The van der Waals surface area contributed by atoms with Crippen LogP contribution in [-0.4, -0.2) is 23.8 Å². The summed E-state index contributed by atoms with van der Waals surface area (Å²) in [6.45, 7) is 0.430. The molecule has 0 aromatic carbocycles. The van der Waals surface area contributed by atoms with Crippen molar-refractivity contribution < 1.29 is 9.84 Å². The van der Waals surface area contributed by atoms with Crippen LogP contribution in [-0.2, 0) is 11.3 Å². The van der Waals surface area contributed by atoms with Crippen LogP contribution in [0.4, 0.5) is 0 Å². The van der Waals surface area contributed by atoms with Gasteiger partial charge in [0.2, 0.25) is 0 Å². The zero-order valence-electron chi connectivity index (χ0n) is 6.86. The van der Waals surface area contributed by atoms with E-state index in [9.17, 15) is 0 Å². The molecule has 0 saturated heterocycles. The normalized spacial score (nSPS) is 13.2. The number of rotatable bonds is 4. The molecule has 0 aliphatic heterocycles. The molecule has 0 unspecified atom stereocenters. The van der Waals surface area contributed by atoms with Crippen molar-refractivity contribution >= 4 is 11.3 Å². The van der Waals surface area contributed by atoms with Gasteiger partial charge in [-0.3, -0.25) is 0 Å². The van der Waals surface area contributed by atoms with E-state index in [-0.39, 0.29) is 12.6 Å². The number of aliphatic hydroxyl groups excluding tert-OH is 1. The van der Waals surface area contributed by atoms with Crippen molar-refractivity contribution in [1.82, 2.24) is 4.98 Å². The molecule has 68 valence electrons. The Kier molecular flexibility index (Phi) is 3.61.